The maximum Gasteiger partial charge on any atom is 0.279 e. The van der Waals surface area contributed by atoms with Crippen molar-refractivity contribution >= 4 is 58.4 Å². The predicted octanol–water partition coefficient (Wildman–Crippen LogP) is 6.34. The van der Waals surface area contributed by atoms with E-state index in [4.69, 9.17) is 32.9 Å². The number of halogens is 2. The average molecular weight is 916 g/mol. The van der Waals surface area contributed by atoms with Gasteiger partial charge in [0.25, 0.3) is 23.3 Å². The van der Waals surface area contributed by atoms with Crippen LogP contribution >= 0.6 is 23.2 Å². The number of aryl methyl sites for hydroxylation is 1. The number of methoxy groups -OCH3 is 1. The molecule has 1 N–H and O–H groups in total. The maximum absolute atomic E-state index is 14.6. The van der Waals surface area contributed by atoms with Gasteiger partial charge in [0.05, 0.1) is 29.0 Å². The van der Waals surface area contributed by atoms with E-state index in [1.807, 2.05) is 36.6 Å². The molecular formula is C48H44Cl2N8O7. The number of likely N-dealkylation sites (tertiary alicyclic amines) is 1. The monoisotopic (exact) mass is 914 g/mol. The van der Waals surface area contributed by atoms with Gasteiger partial charge in [0.15, 0.2) is 5.69 Å². The van der Waals surface area contributed by atoms with Crippen molar-refractivity contribution in [2.75, 3.05) is 25.1 Å². The van der Waals surface area contributed by atoms with Crippen LogP contribution in [0.1, 0.15) is 112 Å². The molecule has 2 saturated heterocycles. The number of nitrogens with zero attached hydrogens (tertiary/aromatic N) is 7. The molecule has 17 heteroatoms. The number of rotatable bonds is 8. The number of carbonyl (C=O) groups excluding carboxylic acids is 5. The minimum absolute atomic E-state index is 0.0969. The number of aromatic nitrogens is 4. The van der Waals surface area contributed by atoms with Gasteiger partial charge in [0.2, 0.25) is 17.7 Å². The van der Waals surface area contributed by atoms with Gasteiger partial charge in [-0.05, 0) is 86.6 Å². The van der Waals surface area contributed by atoms with Crippen LogP contribution in [0.25, 0.3) is 11.4 Å². The van der Waals surface area contributed by atoms with E-state index in [1.165, 1.54) is 39.9 Å². The zero-order valence-electron chi connectivity index (χ0n) is 36.1. The number of hydrogen-bond acceptors (Lipinski definition) is 9. The Morgan fingerprint density at radius 3 is 2.42 bits per heavy atom. The van der Waals surface area contributed by atoms with Gasteiger partial charge >= 0.3 is 0 Å². The van der Waals surface area contributed by atoms with E-state index < -0.39 is 29.5 Å². The number of piperidine rings is 2. The van der Waals surface area contributed by atoms with Crippen LogP contribution in [0.5, 0.6) is 5.88 Å². The molecule has 2 atom stereocenters. The van der Waals surface area contributed by atoms with Gasteiger partial charge in [-0.3, -0.25) is 39.0 Å². The standard InChI is InChI=1S/C48H44Cl2N8O7/c1-26(2)57-41-39(48(64)58(37-22-32(50)24-54(3)47(37)63)40(41)29-11-13-31(49)14-12-29)53-42(57)34-21-30(23-51-44(34)65-4)45(61)55-19-17-27(18-20-55)7-5-8-28-9-6-10-33-35(28)25-56(46(33)62)36-15-16-38(59)52-43(36)60/h6,9-14,21-24,26-27,36,40H,7,15-20,25H2,1-4H3,(H,52,59,60)/t36?,40-/m0/s1. The molecule has 332 valence electrons. The molecule has 0 radical (unpaired) electrons. The highest BCUT2D eigenvalue weighted by Gasteiger charge is 2.46. The van der Waals surface area contributed by atoms with Crippen molar-refractivity contribution in [3.8, 4) is 29.1 Å². The number of nitrogens with one attached hydrogen (secondary N) is 1. The number of imidazole rings is 1. The van der Waals surface area contributed by atoms with E-state index in [0.29, 0.717) is 64.7 Å². The van der Waals surface area contributed by atoms with E-state index in [0.717, 1.165) is 24.0 Å². The quantitative estimate of drug-likeness (QED) is 0.138. The van der Waals surface area contributed by atoms with Crippen LogP contribution < -0.4 is 20.5 Å². The molecule has 4 aliphatic heterocycles. The summed E-state index contributed by atoms with van der Waals surface area (Å²) in [6.45, 7) is 5.19. The number of hydrogen-bond donors (Lipinski definition) is 1. The molecule has 1 unspecified atom stereocenters. The highest BCUT2D eigenvalue weighted by atomic mass is 35.5. The summed E-state index contributed by atoms with van der Waals surface area (Å²) in [5, 5.41) is 3.13. The van der Waals surface area contributed by atoms with Crippen LogP contribution in [0.15, 0.2) is 71.8 Å². The van der Waals surface area contributed by atoms with Crippen LogP contribution in [0, 0.1) is 17.8 Å². The van der Waals surface area contributed by atoms with Crippen molar-refractivity contribution in [1.82, 2.24) is 34.2 Å². The predicted molar refractivity (Wildman–Crippen MR) is 242 cm³/mol. The Kier molecular flexibility index (Phi) is 11.6. The zero-order valence-corrected chi connectivity index (χ0v) is 37.6. The van der Waals surface area contributed by atoms with E-state index in [-0.39, 0.29) is 64.9 Å². The summed E-state index contributed by atoms with van der Waals surface area (Å²) in [7, 11) is 3.06. The van der Waals surface area contributed by atoms with E-state index in [2.05, 4.69) is 22.1 Å². The molecule has 3 aromatic heterocycles. The summed E-state index contributed by atoms with van der Waals surface area (Å²) in [5.41, 5.74) is 3.86. The molecule has 0 spiro atoms. The zero-order chi connectivity index (χ0) is 45.8. The minimum Gasteiger partial charge on any atom is -0.480 e. The van der Waals surface area contributed by atoms with Gasteiger partial charge in [-0.1, -0.05) is 53.2 Å². The summed E-state index contributed by atoms with van der Waals surface area (Å²) in [4.78, 5) is 94.1. The second kappa shape index (κ2) is 17.3. The first-order chi connectivity index (χ1) is 31.2. The Balaban J connectivity index is 0.943. The smallest absolute Gasteiger partial charge is 0.279 e. The van der Waals surface area contributed by atoms with Gasteiger partial charge in [0.1, 0.15) is 23.6 Å². The molecule has 9 rings (SSSR count). The third-order valence-corrected chi connectivity index (χ3v) is 13.1. The molecule has 7 heterocycles. The topological polar surface area (TPSA) is 169 Å². The number of amides is 5. The normalized spacial score (nSPS) is 18.5. The lowest BCUT2D eigenvalue weighted by Crippen LogP contribution is -2.52. The van der Waals surface area contributed by atoms with Crippen LogP contribution in [-0.2, 0) is 23.2 Å². The van der Waals surface area contributed by atoms with Crippen molar-refractivity contribution in [2.24, 2.45) is 13.0 Å². The molecule has 4 aliphatic rings. The lowest BCUT2D eigenvalue weighted by Gasteiger charge is -2.31. The van der Waals surface area contributed by atoms with E-state index in [9.17, 15) is 28.8 Å². The molecule has 15 nitrogen and oxygen atoms in total. The van der Waals surface area contributed by atoms with Crippen LogP contribution in [-0.4, -0.2) is 84.7 Å². The van der Waals surface area contributed by atoms with Crippen molar-refractivity contribution < 1.29 is 28.7 Å². The molecule has 65 heavy (non-hydrogen) atoms. The van der Waals surface area contributed by atoms with Gasteiger partial charge in [0, 0.05) is 74.1 Å². The number of pyridine rings is 2. The molecule has 5 aromatic rings. The van der Waals surface area contributed by atoms with Gasteiger partial charge < -0.3 is 23.7 Å². The van der Waals surface area contributed by atoms with Crippen LogP contribution in [0.3, 0.4) is 0 Å². The summed E-state index contributed by atoms with van der Waals surface area (Å²) in [6.07, 6.45) is 5.52. The molecular weight excluding hydrogens is 871 g/mol. The molecule has 0 aliphatic carbocycles. The number of anilines is 1. The summed E-state index contributed by atoms with van der Waals surface area (Å²) in [5.74, 6) is 5.70. The fourth-order valence-electron chi connectivity index (χ4n) is 9.37. The molecule has 5 amide bonds. The number of benzene rings is 2. The lowest BCUT2D eigenvalue weighted by atomic mass is 9.93. The third-order valence-electron chi connectivity index (χ3n) is 12.6. The Morgan fingerprint density at radius 1 is 0.954 bits per heavy atom. The van der Waals surface area contributed by atoms with Crippen molar-refractivity contribution in [3.05, 3.63) is 127 Å². The fraction of sp³-hybridized carbons (Fsp3) is 0.333. The van der Waals surface area contributed by atoms with Crippen LogP contribution in [0.4, 0.5) is 5.69 Å². The first-order valence-corrected chi connectivity index (χ1v) is 22.2. The van der Waals surface area contributed by atoms with Gasteiger partial charge in [-0.2, -0.15) is 0 Å². The minimum atomic E-state index is -0.785. The van der Waals surface area contributed by atoms with Crippen molar-refractivity contribution in [3.63, 3.8) is 0 Å². The molecule has 2 fully saturated rings. The summed E-state index contributed by atoms with van der Waals surface area (Å²) >= 11 is 12.8. The Morgan fingerprint density at radius 2 is 1.71 bits per heavy atom. The highest BCUT2D eigenvalue weighted by Crippen LogP contribution is 2.45. The Labute approximate surface area is 384 Å². The molecule has 2 aromatic carbocycles. The second-order valence-electron chi connectivity index (χ2n) is 17.0. The second-order valence-corrected chi connectivity index (χ2v) is 17.8. The van der Waals surface area contributed by atoms with Crippen molar-refractivity contribution in [1.29, 1.82) is 0 Å². The number of ether oxygens (including phenoxy) is 1. The number of fused-ring (bicyclic) bond motifs is 2. The van der Waals surface area contributed by atoms with E-state index >= 15 is 0 Å². The fourth-order valence-corrected chi connectivity index (χ4v) is 9.74. The third kappa shape index (κ3) is 7.84. The number of imide groups is 1. The van der Waals surface area contributed by atoms with E-state index in [1.54, 1.807) is 42.3 Å². The molecule has 0 saturated carbocycles. The summed E-state index contributed by atoms with van der Waals surface area (Å²) < 4.78 is 9.00. The largest absolute Gasteiger partial charge is 0.480 e. The van der Waals surface area contributed by atoms with Gasteiger partial charge in [-0.15, -0.1) is 0 Å². The van der Waals surface area contributed by atoms with Crippen LogP contribution in [0.2, 0.25) is 10.0 Å². The highest BCUT2D eigenvalue weighted by molar-refractivity contribution is 6.31. The number of carbonyl (C=O) groups is 5. The SMILES string of the molecule is COc1ncc(C(=O)N2CCC(CC#Cc3cccc4c3CN(C3CCC(=O)NC3=O)C4=O)CC2)cc1-c1nc2c(n1C(C)C)[C@H](c1ccc(Cl)cc1)N(c1cc(Cl)cn(C)c1=O)C2=O. The molecule has 0 bridgehead atoms. The van der Waals surface area contributed by atoms with Crippen molar-refractivity contribution in [2.45, 2.75) is 70.6 Å². The lowest BCUT2D eigenvalue weighted by molar-refractivity contribution is -0.136. The Bertz CT molecular complexity index is 2940. The average Bonchev–Trinajstić information content (AvgIpc) is 3.94. The van der Waals surface area contributed by atoms with Gasteiger partial charge in [-0.25, -0.2) is 9.97 Å². The first kappa shape index (κ1) is 43.5. The Hall–Kier alpha value is -6.76. The first-order valence-electron chi connectivity index (χ1n) is 21.4. The summed E-state index contributed by atoms with van der Waals surface area (Å²) in [6, 6.07) is 13.9. The maximum atomic E-state index is 14.6.